The summed E-state index contributed by atoms with van der Waals surface area (Å²) in [7, 11) is 1.60. The van der Waals surface area contributed by atoms with E-state index in [1.165, 1.54) is 0 Å². The van der Waals surface area contributed by atoms with E-state index in [1.807, 2.05) is 29.2 Å². The van der Waals surface area contributed by atoms with Gasteiger partial charge in [0.15, 0.2) is 5.82 Å². The van der Waals surface area contributed by atoms with Crippen LogP contribution in [0.1, 0.15) is 22.6 Å². The molecule has 28 heavy (non-hydrogen) atoms. The predicted octanol–water partition coefficient (Wildman–Crippen LogP) is 3.35. The number of ether oxygens (including phenoxy) is 2. The van der Waals surface area contributed by atoms with E-state index in [0.29, 0.717) is 36.1 Å². The molecule has 1 aromatic heterocycles. The Labute approximate surface area is 162 Å². The van der Waals surface area contributed by atoms with Gasteiger partial charge in [-0.15, -0.1) is 0 Å². The first-order valence-electron chi connectivity index (χ1n) is 9.14. The number of amides is 1. The summed E-state index contributed by atoms with van der Waals surface area (Å²) >= 11 is 0. The van der Waals surface area contributed by atoms with E-state index < -0.39 is 0 Å². The minimum Gasteiger partial charge on any atom is -0.497 e. The van der Waals surface area contributed by atoms with Crippen LogP contribution in [0.2, 0.25) is 0 Å². The van der Waals surface area contributed by atoms with Crippen LogP contribution in [-0.4, -0.2) is 47.3 Å². The summed E-state index contributed by atoms with van der Waals surface area (Å²) in [5.74, 6) is 2.40. The summed E-state index contributed by atoms with van der Waals surface area (Å²) in [5, 5.41) is 3.84. The molecule has 1 aliphatic heterocycles. The van der Waals surface area contributed by atoms with E-state index in [9.17, 15) is 4.79 Å². The first-order valence-corrected chi connectivity index (χ1v) is 9.14. The number of hydrogen-bond donors (Lipinski definition) is 0. The van der Waals surface area contributed by atoms with Crippen LogP contribution in [0, 0.1) is 6.92 Å². The topological polar surface area (TPSA) is 77.7 Å². The zero-order valence-corrected chi connectivity index (χ0v) is 15.8. The Morgan fingerprint density at radius 2 is 1.96 bits per heavy atom. The second kappa shape index (κ2) is 7.72. The fraction of sp³-hybridized carbons (Fsp3) is 0.286. The molecule has 0 radical (unpaired) electrons. The summed E-state index contributed by atoms with van der Waals surface area (Å²) in [4.78, 5) is 18.8. The van der Waals surface area contributed by atoms with Gasteiger partial charge in [-0.3, -0.25) is 4.79 Å². The van der Waals surface area contributed by atoms with E-state index in [2.05, 4.69) is 10.1 Å². The Bertz CT molecular complexity index is 968. The highest BCUT2D eigenvalue weighted by Gasteiger charge is 2.29. The average molecular weight is 379 g/mol. The number of aromatic nitrogens is 2. The van der Waals surface area contributed by atoms with Gasteiger partial charge in [-0.25, -0.2) is 0 Å². The number of hydrogen-bond acceptors (Lipinski definition) is 6. The molecule has 7 nitrogen and oxygen atoms in total. The Morgan fingerprint density at radius 1 is 1.18 bits per heavy atom. The van der Waals surface area contributed by atoms with Gasteiger partial charge in [0.1, 0.15) is 17.6 Å². The largest absolute Gasteiger partial charge is 0.497 e. The fourth-order valence-corrected chi connectivity index (χ4v) is 3.26. The molecule has 1 unspecified atom stereocenters. The van der Waals surface area contributed by atoms with Crippen LogP contribution in [-0.2, 0) is 0 Å². The van der Waals surface area contributed by atoms with Crippen molar-refractivity contribution in [3.8, 4) is 23.0 Å². The van der Waals surface area contributed by atoms with E-state index in [0.717, 1.165) is 17.7 Å². The maximum absolute atomic E-state index is 12.7. The molecule has 7 heteroatoms. The van der Waals surface area contributed by atoms with Crippen molar-refractivity contribution in [2.45, 2.75) is 19.4 Å². The number of methoxy groups -OCH3 is 1. The van der Waals surface area contributed by atoms with Gasteiger partial charge in [0, 0.05) is 18.5 Å². The van der Waals surface area contributed by atoms with Crippen molar-refractivity contribution in [1.29, 1.82) is 0 Å². The lowest BCUT2D eigenvalue weighted by Crippen LogP contribution is -2.30. The molecule has 0 N–H and O–H groups in total. The van der Waals surface area contributed by atoms with Crippen LogP contribution in [0.5, 0.6) is 11.5 Å². The summed E-state index contributed by atoms with van der Waals surface area (Å²) in [5.41, 5.74) is 1.39. The number of carbonyl (C=O) groups excluding carboxylic acids is 1. The first kappa shape index (κ1) is 18.0. The molecule has 1 aliphatic rings. The average Bonchev–Trinajstić information content (AvgIpc) is 3.37. The molecule has 1 amide bonds. The van der Waals surface area contributed by atoms with E-state index in [1.54, 1.807) is 38.3 Å². The molecule has 1 fully saturated rings. The summed E-state index contributed by atoms with van der Waals surface area (Å²) in [6, 6.07) is 14.7. The minimum atomic E-state index is -0.0904. The zero-order valence-electron chi connectivity index (χ0n) is 15.8. The number of rotatable bonds is 5. The van der Waals surface area contributed by atoms with Gasteiger partial charge in [-0.1, -0.05) is 17.3 Å². The number of nitrogens with zero attached hydrogens (tertiary/aromatic N) is 3. The SMILES string of the molecule is COc1ccc(C(=O)N2CCC(Oc3ccccc3-c3nc(C)no3)C2)cc1. The number of likely N-dealkylation sites (tertiary alicyclic amines) is 1. The molecular formula is C21H21N3O4. The molecule has 3 aromatic rings. The highest BCUT2D eigenvalue weighted by Crippen LogP contribution is 2.30. The number of para-hydroxylation sites is 1. The Balaban J connectivity index is 1.44. The number of benzene rings is 2. The van der Waals surface area contributed by atoms with Crippen LogP contribution in [0.3, 0.4) is 0 Å². The van der Waals surface area contributed by atoms with Gasteiger partial charge < -0.3 is 18.9 Å². The van der Waals surface area contributed by atoms with E-state index >= 15 is 0 Å². The Hall–Kier alpha value is -3.35. The molecule has 4 rings (SSSR count). The normalized spacial score (nSPS) is 16.2. The molecule has 0 saturated carbocycles. The fourth-order valence-electron chi connectivity index (χ4n) is 3.26. The van der Waals surface area contributed by atoms with E-state index in [4.69, 9.17) is 14.0 Å². The first-order chi connectivity index (χ1) is 13.6. The molecule has 1 atom stereocenters. The second-order valence-corrected chi connectivity index (χ2v) is 6.65. The molecule has 0 spiro atoms. The van der Waals surface area contributed by atoms with Gasteiger partial charge in [0.05, 0.1) is 19.2 Å². The third-order valence-corrected chi connectivity index (χ3v) is 4.71. The predicted molar refractivity (Wildman–Crippen MR) is 102 cm³/mol. The quantitative estimate of drug-likeness (QED) is 0.677. The van der Waals surface area contributed by atoms with Crippen LogP contribution < -0.4 is 9.47 Å². The van der Waals surface area contributed by atoms with Gasteiger partial charge in [0.25, 0.3) is 11.8 Å². The Morgan fingerprint density at radius 3 is 2.68 bits per heavy atom. The van der Waals surface area contributed by atoms with Crippen molar-refractivity contribution in [3.05, 3.63) is 59.9 Å². The van der Waals surface area contributed by atoms with Crippen molar-refractivity contribution in [3.63, 3.8) is 0 Å². The highest BCUT2D eigenvalue weighted by molar-refractivity contribution is 5.94. The van der Waals surface area contributed by atoms with Crippen molar-refractivity contribution < 1.29 is 18.8 Å². The molecule has 2 aromatic carbocycles. The van der Waals surface area contributed by atoms with Crippen molar-refractivity contribution >= 4 is 5.91 Å². The third kappa shape index (κ3) is 3.69. The molecule has 0 bridgehead atoms. The molecule has 144 valence electrons. The lowest BCUT2D eigenvalue weighted by Gasteiger charge is -2.18. The number of carbonyl (C=O) groups is 1. The molecular weight excluding hydrogens is 358 g/mol. The van der Waals surface area contributed by atoms with Crippen molar-refractivity contribution in [1.82, 2.24) is 15.0 Å². The van der Waals surface area contributed by atoms with E-state index in [-0.39, 0.29) is 12.0 Å². The number of aryl methyl sites for hydroxylation is 1. The Kier molecular flexibility index (Phi) is 4.97. The maximum Gasteiger partial charge on any atom is 0.261 e. The summed E-state index contributed by atoms with van der Waals surface area (Å²) in [6.45, 7) is 2.95. The molecule has 1 saturated heterocycles. The highest BCUT2D eigenvalue weighted by atomic mass is 16.5. The summed E-state index contributed by atoms with van der Waals surface area (Å²) < 4.78 is 16.6. The lowest BCUT2D eigenvalue weighted by atomic mass is 10.2. The molecule has 0 aliphatic carbocycles. The molecule has 2 heterocycles. The van der Waals surface area contributed by atoms with Crippen LogP contribution in [0.15, 0.2) is 53.1 Å². The zero-order chi connectivity index (χ0) is 19.5. The standard InChI is InChI=1S/C21H21N3O4/c1-14-22-20(28-23-14)18-5-3-4-6-19(18)27-17-11-12-24(13-17)21(25)15-7-9-16(26-2)10-8-15/h3-10,17H,11-13H2,1-2H3. The van der Waals surface area contributed by atoms with Crippen molar-refractivity contribution in [2.75, 3.05) is 20.2 Å². The van der Waals surface area contributed by atoms with Crippen LogP contribution in [0.25, 0.3) is 11.5 Å². The third-order valence-electron chi connectivity index (χ3n) is 4.71. The minimum absolute atomic E-state index is 0.00503. The van der Waals surface area contributed by atoms with Gasteiger partial charge in [0.2, 0.25) is 0 Å². The van der Waals surface area contributed by atoms with Gasteiger partial charge in [-0.2, -0.15) is 4.98 Å². The monoisotopic (exact) mass is 379 g/mol. The maximum atomic E-state index is 12.7. The van der Waals surface area contributed by atoms with Crippen LogP contribution >= 0.6 is 0 Å². The van der Waals surface area contributed by atoms with Crippen molar-refractivity contribution in [2.24, 2.45) is 0 Å². The smallest absolute Gasteiger partial charge is 0.261 e. The van der Waals surface area contributed by atoms with Gasteiger partial charge >= 0.3 is 0 Å². The lowest BCUT2D eigenvalue weighted by molar-refractivity contribution is 0.0772. The van der Waals surface area contributed by atoms with Crippen LogP contribution in [0.4, 0.5) is 0 Å². The van der Waals surface area contributed by atoms with Gasteiger partial charge in [-0.05, 0) is 43.3 Å². The summed E-state index contributed by atoms with van der Waals surface area (Å²) in [6.07, 6.45) is 0.673. The second-order valence-electron chi connectivity index (χ2n) is 6.65.